The van der Waals surface area contributed by atoms with Crippen LogP contribution in [0.25, 0.3) is 0 Å². The summed E-state index contributed by atoms with van der Waals surface area (Å²) in [4.78, 5) is 0. The summed E-state index contributed by atoms with van der Waals surface area (Å²) in [5, 5.41) is 0. The molecule has 0 aromatic carbocycles. The number of allylic oxidation sites excluding steroid dienone is 2. The number of hydrogen-bond donors (Lipinski definition) is 1. The molecule has 0 unspecified atom stereocenters. The van der Waals surface area contributed by atoms with Gasteiger partial charge in [0.25, 0.3) is 0 Å². The molecule has 0 heterocycles. The van der Waals surface area contributed by atoms with E-state index in [-0.39, 0.29) is 11.5 Å². The first-order valence-corrected chi connectivity index (χ1v) is 2.62. The van der Waals surface area contributed by atoms with E-state index in [0.29, 0.717) is 0 Å². The van der Waals surface area contributed by atoms with Crippen LogP contribution in [0.2, 0.25) is 0 Å². The summed E-state index contributed by atoms with van der Waals surface area (Å²) in [6.07, 6.45) is 1.27. The zero-order valence-corrected chi connectivity index (χ0v) is 5.86. The number of rotatable bonds is 3. The molecule has 0 saturated carbocycles. The van der Waals surface area contributed by atoms with E-state index < -0.39 is 5.83 Å². The van der Waals surface area contributed by atoms with Crippen LogP contribution < -0.4 is 5.73 Å². The third kappa shape index (κ3) is 2.91. The van der Waals surface area contributed by atoms with E-state index in [1.807, 2.05) is 0 Å². The molecule has 56 valence electrons. The van der Waals surface area contributed by atoms with Gasteiger partial charge in [0, 0.05) is 11.8 Å². The predicted octanol–water partition coefficient (Wildman–Crippen LogP) is 1.47. The molecule has 0 aliphatic carbocycles. The van der Waals surface area contributed by atoms with Gasteiger partial charge in [-0.1, -0.05) is 13.2 Å². The van der Waals surface area contributed by atoms with E-state index in [0.717, 1.165) is 0 Å². The predicted molar refractivity (Wildman–Crippen MR) is 38.7 cm³/mol. The molecule has 10 heavy (non-hydrogen) atoms. The number of ether oxygens (including phenoxy) is 1. The van der Waals surface area contributed by atoms with Gasteiger partial charge in [0.05, 0.1) is 7.11 Å². The molecule has 0 atom stereocenters. The second-order valence-corrected chi connectivity index (χ2v) is 1.69. The van der Waals surface area contributed by atoms with Crippen molar-refractivity contribution in [3.63, 3.8) is 0 Å². The van der Waals surface area contributed by atoms with Gasteiger partial charge in [0.15, 0.2) is 11.6 Å². The van der Waals surface area contributed by atoms with Gasteiger partial charge in [-0.15, -0.1) is 0 Å². The van der Waals surface area contributed by atoms with Gasteiger partial charge in [0.2, 0.25) is 0 Å². The molecular weight excluding hydrogens is 133 g/mol. The lowest BCUT2D eigenvalue weighted by Gasteiger charge is -2.00. The first-order chi connectivity index (χ1) is 4.57. The summed E-state index contributed by atoms with van der Waals surface area (Å²) >= 11 is 0. The Labute approximate surface area is 59.5 Å². The minimum atomic E-state index is -0.658. The lowest BCUT2D eigenvalue weighted by Crippen LogP contribution is -1.94. The van der Waals surface area contributed by atoms with Crippen molar-refractivity contribution in [2.75, 3.05) is 7.11 Å². The molecule has 0 fully saturated rings. The van der Waals surface area contributed by atoms with Crippen molar-refractivity contribution >= 4 is 0 Å². The maximum Gasteiger partial charge on any atom is 0.157 e. The Hall–Kier alpha value is -1.25. The Morgan fingerprint density at radius 2 is 2.10 bits per heavy atom. The first kappa shape index (κ1) is 8.75. The Balaban J connectivity index is 4.34. The van der Waals surface area contributed by atoms with Crippen LogP contribution in [0.4, 0.5) is 4.39 Å². The van der Waals surface area contributed by atoms with Crippen LogP contribution in [-0.2, 0) is 4.74 Å². The topological polar surface area (TPSA) is 35.2 Å². The van der Waals surface area contributed by atoms with Crippen LogP contribution in [0.1, 0.15) is 0 Å². The highest BCUT2D eigenvalue weighted by molar-refractivity contribution is 5.24. The van der Waals surface area contributed by atoms with Crippen LogP contribution in [-0.4, -0.2) is 7.11 Å². The molecular formula is C7H10FNO. The summed E-state index contributed by atoms with van der Waals surface area (Å²) in [6.45, 7) is 6.36. The summed E-state index contributed by atoms with van der Waals surface area (Å²) in [5.74, 6) is -0.651. The van der Waals surface area contributed by atoms with Crippen molar-refractivity contribution in [2.24, 2.45) is 5.73 Å². The monoisotopic (exact) mass is 143 g/mol. The van der Waals surface area contributed by atoms with Crippen molar-refractivity contribution in [1.29, 1.82) is 0 Å². The Kier molecular flexibility index (Phi) is 3.25. The van der Waals surface area contributed by atoms with Gasteiger partial charge < -0.3 is 10.5 Å². The van der Waals surface area contributed by atoms with Crippen molar-refractivity contribution in [3.05, 3.63) is 36.5 Å². The normalized spacial score (nSPS) is 10.8. The molecule has 0 bridgehead atoms. The molecule has 0 aliphatic rings. The molecule has 2 N–H and O–H groups in total. The van der Waals surface area contributed by atoms with Crippen molar-refractivity contribution < 1.29 is 9.13 Å². The third-order valence-electron chi connectivity index (χ3n) is 0.804. The third-order valence-corrected chi connectivity index (χ3v) is 0.804. The lowest BCUT2D eigenvalue weighted by atomic mass is 10.3. The summed E-state index contributed by atoms with van der Waals surface area (Å²) in [5.41, 5.74) is 5.38. The zero-order chi connectivity index (χ0) is 8.15. The van der Waals surface area contributed by atoms with Gasteiger partial charge in [-0.3, -0.25) is 0 Å². The zero-order valence-electron chi connectivity index (χ0n) is 5.86. The average Bonchev–Trinajstić information content (AvgIpc) is 1.81. The minimum Gasteiger partial charge on any atom is -0.494 e. The fourth-order valence-electron chi connectivity index (χ4n) is 0.416. The molecule has 0 aromatic rings. The summed E-state index contributed by atoms with van der Waals surface area (Å²) in [7, 11) is 1.33. The van der Waals surface area contributed by atoms with Crippen molar-refractivity contribution in [1.82, 2.24) is 0 Å². The van der Waals surface area contributed by atoms with E-state index in [2.05, 4.69) is 17.9 Å². The van der Waals surface area contributed by atoms with Crippen LogP contribution in [0.3, 0.4) is 0 Å². The summed E-state index contributed by atoms with van der Waals surface area (Å²) in [6, 6.07) is 0. The smallest absolute Gasteiger partial charge is 0.157 e. The van der Waals surface area contributed by atoms with Gasteiger partial charge in [-0.05, 0) is 0 Å². The lowest BCUT2D eigenvalue weighted by molar-refractivity contribution is 0.283. The van der Waals surface area contributed by atoms with Crippen LogP contribution in [0, 0.1) is 0 Å². The maximum absolute atomic E-state index is 12.2. The molecule has 0 aromatic heterocycles. The molecule has 0 radical (unpaired) electrons. The Morgan fingerprint density at radius 1 is 1.60 bits per heavy atom. The molecule has 0 spiro atoms. The number of hydrogen-bond acceptors (Lipinski definition) is 2. The van der Waals surface area contributed by atoms with Crippen molar-refractivity contribution in [3.8, 4) is 0 Å². The van der Waals surface area contributed by atoms with E-state index in [1.54, 1.807) is 0 Å². The van der Waals surface area contributed by atoms with Crippen LogP contribution in [0.15, 0.2) is 36.5 Å². The van der Waals surface area contributed by atoms with E-state index in [4.69, 9.17) is 5.73 Å². The van der Waals surface area contributed by atoms with Gasteiger partial charge in [0.1, 0.15) is 0 Å². The fraction of sp³-hybridized carbons (Fsp3) is 0.143. The summed E-state index contributed by atoms with van der Waals surface area (Å²) < 4.78 is 16.8. The molecule has 2 nitrogen and oxygen atoms in total. The Morgan fingerprint density at radius 3 is 2.20 bits per heavy atom. The Bertz CT molecular complexity index is 184. The van der Waals surface area contributed by atoms with Crippen LogP contribution >= 0.6 is 0 Å². The first-order valence-electron chi connectivity index (χ1n) is 2.62. The van der Waals surface area contributed by atoms with Crippen molar-refractivity contribution in [2.45, 2.75) is 0 Å². The average molecular weight is 143 g/mol. The highest BCUT2D eigenvalue weighted by Gasteiger charge is 1.98. The molecule has 3 heteroatoms. The molecule has 0 rings (SSSR count). The number of halogens is 1. The molecule has 0 amide bonds. The van der Waals surface area contributed by atoms with Gasteiger partial charge >= 0.3 is 0 Å². The van der Waals surface area contributed by atoms with E-state index in [1.165, 1.54) is 13.2 Å². The van der Waals surface area contributed by atoms with Crippen LogP contribution in [0.5, 0.6) is 0 Å². The maximum atomic E-state index is 12.2. The standard InChI is InChI=1S/C7H10FNO/c1-5(9)4-7(10-3)6(2)8/h4H,1-2,9H2,3H3/b7-4+. The second-order valence-electron chi connectivity index (χ2n) is 1.69. The number of nitrogens with two attached hydrogens (primary N) is 1. The largest absolute Gasteiger partial charge is 0.494 e. The van der Waals surface area contributed by atoms with E-state index in [9.17, 15) is 4.39 Å². The SMILES string of the molecule is C=C(N)/C=C(/OC)C(=C)F. The van der Waals surface area contributed by atoms with Gasteiger partial charge in [-0.2, -0.15) is 0 Å². The second kappa shape index (κ2) is 3.71. The highest BCUT2D eigenvalue weighted by Crippen LogP contribution is 2.09. The molecule has 0 saturated heterocycles. The highest BCUT2D eigenvalue weighted by atomic mass is 19.1. The van der Waals surface area contributed by atoms with E-state index >= 15 is 0 Å². The fourth-order valence-corrected chi connectivity index (χ4v) is 0.416. The quantitative estimate of drug-likeness (QED) is 0.479. The number of methoxy groups -OCH3 is 1. The van der Waals surface area contributed by atoms with Gasteiger partial charge in [-0.25, -0.2) is 4.39 Å². The molecule has 0 aliphatic heterocycles. The minimum absolute atomic E-state index is 0.00694.